The number of nitrogens with zero attached hydrogens (tertiary/aromatic N) is 1. The number of fused-ring (bicyclic) bond motifs is 1. The Morgan fingerprint density at radius 3 is 2.62 bits per heavy atom. The third kappa shape index (κ3) is 1.46. The Bertz CT molecular complexity index is 602. The zero-order chi connectivity index (χ0) is 11.0. The van der Waals surface area contributed by atoms with Crippen LogP contribution in [0.2, 0.25) is 0 Å². The number of amides is 1. The lowest BCUT2D eigenvalue weighted by molar-refractivity contribution is -0.119. The van der Waals surface area contributed by atoms with Crippen LogP contribution in [0.5, 0.6) is 0 Å². The molecule has 2 aromatic rings. The Morgan fingerprint density at radius 1 is 1.06 bits per heavy atom. The lowest BCUT2D eigenvalue weighted by Gasteiger charge is -2.01. The van der Waals surface area contributed by atoms with Gasteiger partial charge in [-0.3, -0.25) is 4.79 Å². The van der Waals surface area contributed by atoms with Gasteiger partial charge in [-0.25, -0.2) is 5.43 Å². The lowest BCUT2D eigenvalue weighted by atomic mass is 10.0. The van der Waals surface area contributed by atoms with E-state index in [-0.39, 0.29) is 5.91 Å². The van der Waals surface area contributed by atoms with E-state index >= 15 is 0 Å². The molecule has 3 heteroatoms. The molecule has 0 bridgehead atoms. The molecule has 0 atom stereocenters. The normalized spacial score (nSPS) is 15.0. The number of carbonyl (C=O) groups is 1. The molecule has 1 aliphatic heterocycles. The second kappa shape index (κ2) is 3.45. The van der Waals surface area contributed by atoms with Crippen molar-refractivity contribution in [2.45, 2.75) is 6.42 Å². The maximum atomic E-state index is 11.1. The summed E-state index contributed by atoms with van der Waals surface area (Å²) < 4.78 is 0. The lowest BCUT2D eigenvalue weighted by Crippen LogP contribution is -2.09. The molecule has 1 N–H and O–H groups in total. The molecule has 1 heterocycles. The average Bonchev–Trinajstić information content (AvgIpc) is 2.75. The van der Waals surface area contributed by atoms with Gasteiger partial charge in [0.15, 0.2) is 0 Å². The van der Waals surface area contributed by atoms with Crippen molar-refractivity contribution in [3.8, 4) is 0 Å². The zero-order valence-electron chi connectivity index (χ0n) is 8.60. The van der Waals surface area contributed by atoms with Crippen molar-refractivity contribution in [1.82, 2.24) is 5.43 Å². The van der Waals surface area contributed by atoms with Crippen LogP contribution in [0, 0.1) is 0 Å². The van der Waals surface area contributed by atoms with Gasteiger partial charge in [-0.05, 0) is 22.4 Å². The van der Waals surface area contributed by atoms with Crippen LogP contribution in [0.1, 0.15) is 12.0 Å². The minimum absolute atomic E-state index is 0.0387. The van der Waals surface area contributed by atoms with E-state index in [1.807, 2.05) is 18.2 Å². The van der Waals surface area contributed by atoms with Gasteiger partial charge in [-0.1, -0.05) is 36.4 Å². The Hall–Kier alpha value is -2.16. The van der Waals surface area contributed by atoms with Crippen molar-refractivity contribution >= 4 is 22.4 Å². The SMILES string of the molecule is O=C1CC(c2ccc3ccccc3c2)=NN1. The van der Waals surface area contributed by atoms with E-state index in [0.29, 0.717) is 6.42 Å². The first-order chi connectivity index (χ1) is 7.83. The second-order valence-corrected chi connectivity index (χ2v) is 3.83. The molecule has 3 rings (SSSR count). The largest absolute Gasteiger partial charge is 0.273 e. The number of benzene rings is 2. The third-order valence-corrected chi connectivity index (χ3v) is 2.73. The molecular weight excluding hydrogens is 200 g/mol. The van der Waals surface area contributed by atoms with E-state index in [1.54, 1.807) is 0 Å². The Morgan fingerprint density at radius 2 is 1.88 bits per heavy atom. The van der Waals surface area contributed by atoms with Crippen LogP contribution < -0.4 is 5.43 Å². The minimum atomic E-state index is -0.0387. The first-order valence-electron chi connectivity index (χ1n) is 5.17. The molecule has 0 unspecified atom stereocenters. The molecule has 16 heavy (non-hydrogen) atoms. The molecule has 0 saturated heterocycles. The van der Waals surface area contributed by atoms with Crippen molar-refractivity contribution in [1.29, 1.82) is 0 Å². The molecule has 0 fully saturated rings. The van der Waals surface area contributed by atoms with Crippen molar-refractivity contribution < 1.29 is 4.79 Å². The molecule has 2 aromatic carbocycles. The van der Waals surface area contributed by atoms with Gasteiger partial charge in [0.25, 0.3) is 0 Å². The molecule has 78 valence electrons. The fourth-order valence-corrected chi connectivity index (χ4v) is 1.90. The van der Waals surface area contributed by atoms with E-state index < -0.39 is 0 Å². The van der Waals surface area contributed by atoms with E-state index in [1.165, 1.54) is 10.8 Å². The van der Waals surface area contributed by atoms with Crippen molar-refractivity contribution in [3.63, 3.8) is 0 Å². The quantitative estimate of drug-likeness (QED) is 0.769. The standard InChI is InChI=1S/C13H10N2O/c16-13-8-12(14-15-13)11-6-5-9-3-1-2-4-10(9)7-11/h1-7H,8H2,(H,15,16). The van der Waals surface area contributed by atoms with E-state index in [0.717, 1.165) is 11.3 Å². The Balaban J connectivity index is 2.09. The van der Waals surface area contributed by atoms with Crippen LogP contribution in [0.15, 0.2) is 47.6 Å². The van der Waals surface area contributed by atoms with Crippen LogP contribution in [0.3, 0.4) is 0 Å². The molecule has 1 aliphatic rings. The minimum Gasteiger partial charge on any atom is -0.273 e. The summed E-state index contributed by atoms with van der Waals surface area (Å²) in [6, 6.07) is 14.3. The average molecular weight is 210 g/mol. The molecule has 1 amide bonds. The zero-order valence-corrected chi connectivity index (χ0v) is 8.60. The molecular formula is C13H10N2O. The number of hydrogen-bond acceptors (Lipinski definition) is 2. The molecule has 0 aliphatic carbocycles. The van der Waals surface area contributed by atoms with Gasteiger partial charge < -0.3 is 0 Å². The third-order valence-electron chi connectivity index (χ3n) is 2.73. The van der Waals surface area contributed by atoms with Gasteiger partial charge in [0.2, 0.25) is 5.91 Å². The summed E-state index contributed by atoms with van der Waals surface area (Å²) in [7, 11) is 0. The van der Waals surface area contributed by atoms with Gasteiger partial charge in [0.1, 0.15) is 0 Å². The first kappa shape index (κ1) is 9.09. The van der Waals surface area contributed by atoms with Crippen LogP contribution in [-0.2, 0) is 4.79 Å². The number of hydrogen-bond donors (Lipinski definition) is 1. The maximum Gasteiger partial charge on any atom is 0.246 e. The van der Waals surface area contributed by atoms with Crippen molar-refractivity contribution in [2.75, 3.05) is 0 Å². The highest BCUT2D eigenvalue weighted by Gasteiger charge is 2.15. The summed E-state index contributed by atoms with van der Waals surface area (Å²) in [6.07, 6.45) is 0.373. The van der Waals surface area contributed by atoms with Gasteiger partial charge in [-0.15, -0.1) is 0 Å². The summed E-state index contributed by atoms with van der Waals surface area (Å²) in [5.41, 5.74) is 4.29. The summed E-state index contributed by atoms with van der Waals surface area (Å²) in [5.74, 6) is -0.0387. The van der Waals surface area contributed by atoms with Crippen LogP contribution >= 0.6 is 0 Å². The molecule has 0 spiro atoms. The number of carbonyl (C=O) groups excluding carboxylic acids is 1. The van der Waals surface area contributed by atoms with E-state index in [4.69, 9.17) is 0 Å². The monoisotopic (exact) mass is 210 g/mol. The maximum absolute atomic E-state index is 11.1. The second-order valence-electron chi connectivity index (χ2n) is 3.83. The first-order valence-corrected chi connectivity index (χ1v) is 5.17. The number of rotatable bonds is 1. The van der Waals surface area contributed by atoms with Crippen LogP contribution in [0.25, 0.3) is 10.8 Å². The molecule has 0 radical (unpaired) electrons. The Kier molecular flexibility index (Phi) is 1.96. The Labute approximate surface area is 92.8 Å². The summed E-state index contributed by atoms with van der Waals surface area (Å²) in [6.45, 7) is 0. The van der Waals surface area contributed by atoms with Crippen LogP contribution in [0.4, 0.5) is 0 Å². The smallest absolute Gasteiger partial charge is 0.246 e. The molecule has 3 nitrogen and oxygen atoms in total. The highest BCUT2D eigenvalue weighted by atomic mass is 16.2. The summed E-state index contributed by atoms with van der Waals surface area (Å²) in [4.78, 5) is 11.1. The molecule has 0 aromatic heterocycles. The highest BCUT2D eigenvalue weighted by Crippen LogP contribution is 2.17. The summed E-state index contributed by atoms with van der Waals surface area (Å²) >= 11 is 0. The topological polar surface area (TPSA) is 41.5 Å². The fourth-order valence-electron chi connectivity index (χ4n) is 1.90. The molecule has 0 saturated carbocycles. The fraction of sp³-hybridized carbons (Fsp3) is 0.0769. The van der Waals surface area contributed by atoms with Gasteiger partial charge in [-0.2, -0.15) is 5.10 Å². The predicted molar refractivity (Wildman–Crippen MR) is 63.2 cm³/mol. The number of hydrazone groups is 1. The van der Waals surface area contributed by atoms with Gasteiger partial charge >= 0.3 is 0 Å². The number of nitrogens with one attached hydrogen (secondary N) is 1. The summed E-state index contributed by atoms with van der Waals surface area (Å²) in [5, 5.41) is 6.38. The van der Waals surface area contributed by atoms with E-state index in [2.05, 4.69) is 34.8 Å². The highest BCUT2D eigenvalue weighted by molar-refractivity contribution is 6.14. The predicted octanol–water partition coefficient (Wildman–Crippen LogP) is 2.06. The van der Waals surface area contributed by atoms with Gasteiger partial charge in [0, 0.05) is 0 Å². The van der Waals surface area contributed by atoms with Crippen molar-refractivity contribution in [2.24, 2.45) is 5.10 Å². The van der Waals surface area contributed by atoms with Crippen LogP contribution in [-0.4, -0.2) is 11.6 Å². The van der Waals surface area contributed by atoms with Crippen molar-refractivity contribution in [3.05, 3.63) is 48.0 Å². The van der Waals surface area contributed by atoms with Gasteiger partial charge in [0.05, 0.1) is 12.1 Å². The van der Waals surface area contributed by atoms with E-state index in [9.17, 15) is 4.79 Å².